The van der Waals surface area contributed by atoms with Crippen LogP contribution < -0.4 is 0 Å². The van der Waals surface area contributed by atoms with E-state index in [4.69, 9.17) is 32.8 Å². The quantitative estimate of drug-likeness (QED) is 0.835. The van der Waals surface area contributed by atoms with Crippen molar-refractivity contribution in [3.8, 4) is 0 Å². The summed E-state index contributed by atoms with van der Waals surface area (Å²) in [5.41, 5.74) is -0.305. The predicted octanol–water partition coefficient (Wildman–Crippen LogP) is 3.22. The van der Waals surface area contributed by atoms with Crippen molar-refractivity contribution in [3.05, 3.63) is 39.6 Å². The molecule has 0 amide bonds. The molecule has 2 aliphatic rings. The van der Waals surface area contributed by atoms with E-state index in [0.29, 0.717) is 41.5 Å². The third kappa shape index (κ3) is 2.48. The molecule has 7 heteroatoms. The number of benzene rings is 1. The lowest BCUT2D eigenvalue weighted by Gasteiger charge is -2.36. The van der Waals surface area contributed by atoms with Gasteiger partial charge in [-0.25, -0.2) is 4.79 Å². The van der Waals surface area contributed by atoms with E-state index in [-0.39, 0.29) is 11.3 Å². The number of carbonyl (C=O) groups is 1. The van der Waals surface area contributed by atoms with E-state index in [9.17, 15) is 9.90 Å². The Morgan fingerprint density at radius 1 is 1.27 bits per heavy atom. The van der Waals surface area contributed by atoms with Crippen molar-refractivity contribution in [2.45, 2.75) is 18.4 Å². The summed E-state index contributed by atoms with van der Waals surface area (Å²) in [6.07, 6.45) is 0.951. The van der Waals surface area contributed by atoms with Gasteiger partial charge in [-0.15, -0.1) is 0 Å². The van der Waals surface area contributed by atoms with Gasteiger partial charge in [0, 0.05) is 25.9 Å². The fourth-order valence-corrected chi connectivity index (χ4v) is 3.17. The number of halogens is 2. The van der Waals surface area contributed by atoms with Gasteiger partial charge in [-0.2, -0.15) is 5.06 Å². The number of aliphatic hydroxyl groups excluding tert-OH is 1. The summed E-state index contributed by atoms with van der Waals surface area (Å²) >= 11 is 11.9. The molecule has 0 saturated carbocycles. The van der Waals surface area contributed by atoms with Gasteiger partial charge >= 0.3 is 5.97 Å². The summed E-state index contributed by atoms with van der Waals surface area (Å²) in [7, 11) is 1.59. The molecule has 1 aromatic carbocycles. The van der Waals surface area contributed by atoms with Crippen LogP contribution in [0.4, 0.5) is 0 Å². The van der Waals surface area contributed by atoms with Crippen LogP contribution in [0.25, 0.3) is 5.57 Å². The van der Waals surface area contributed by atoms with E-state index in [2.05, 4.69) is 0 Å². The Balaban J connectivity index is 1.96. The van der Waals surface area contributed by atoms with Gasteiger partial charge in [0.25, 0.3) is 0 Å². The number of piperidine rings is 1. The highest BCUT2D eigenvalue weighted by Gasteiger charge is 2.50. The number of rotatable bonds is 2. The first-order valence-electron chi connectivity index (χ1n) is 6.88. The predicted molar refractivity (Wildman–Crippen MR) is 82.6 cm³/mol. The maximum Gasteiger partial charge on any atom is 0.343 e. The molecule has 3 rings (SSSR count). The molecular formula is C15H15Cl2NO4. The highest BCUT2D eigenvalue weighted by Crippen LogP contribution is 2.43. The number of hydrogen-bond donors (Lipinski definition) is 1. The molecule has 0 atom stereocenters. The average molecular weight is 344 g/mol. The smallest absolute Gasteiger partial charge is 0.343 e. The molecule has 2 aliphatic heterocycles. The van der Waals surface area contributed by atoms with Crippen LogP contribution in [-0.2, 0) is 14.4 Å². The first kappa shape index (κ1) is 15.6. The van der Waals surface area contributed by atoms with Gasteiger partial charge in [-0.05, 0) is 17.7 Å². The van der Waals surface area contributed by atoms with Crippen LogP contribution >= 0.6 is 23.2 Å². The van der Waals surface area contributed by atoms with Crippen LogP contribution in [0.3, 0.4) is 0 Å². The van der Waals surface area contributed by atoms with Crippen LogP contribution in [0.1, 0.15) is 18.4 Å². The monoisotopic (exact) mass is 343 g/mol. The molecule has 0 bridgehead atoms. The van der Waals surface area contributed by atoms with Crippen LogP contribution in [0.15, 0.2) is 24.0 Å². The average Bonchev–Trinajstić information content (AvgIpc) is 2.74. The molecule has 0 aromatic heterocycles. The topological polar surface area (TPSA) is 59.0 Å². The normalized spacial score (nSPS) is 21.5. The zero-order valence-electron chi connectivity index (χ0n) is 11.9. The highest BCUT2D eigenvalue weighted by atomic mass is 35.5. The van der Waals surface area contributed by atoms with Crippen molar-refractivity contribution >= 4 is 34.7 Å². The molecule has 1 N–H and O–H groups in total. The molecule has 0 radical (unpaired) electrons. The van der Waals surface area contributed by atoms with E-state index < -0.39 is 11.6 Å². The Morgan fingerprint density at radius 3 is 2.55 bits per heavy atom. The van der Waals surface area contributed by atoms with E-state index in [1.807, 2.05) is 0 Å². The first-order valence-corrected chi connectivity index (χ1v) is 7.64. The second-order valence-corrected chi connectivity index (χ2v) is 6.16. The Morgan fingerprint density at radius 2 is 1.95 bits per heavy atom. The number of esters is 1. The summed E-state index contributed by atoms with van der Waals surface area (Å²) in [6, 6.07) is 4.79. The van der Waals surface area contributed by atoms with Gasteiger partial charge in [0.2, 0.25) is 0 Å². The number of hydrogen-bond acceptors (Lipinski definition) is 5. The summed E-state index contributed by atoms with van der Waals surface area (Å²) < 4.78 is 5.51. The third-order valence-electron chi connectivity index (χ3n) is 4.16. The third-order valence-corrected chi connectivity index (χ3v) is 4.90. The molecule has 1 aromatic rings. The second-order valence-electron chi connectivity index (χ2n) is 5.35. The van der Waals surface area contributed by atoms with Gasteiger partial charge in [0.05, 0.1) is 17.2 Å². The standard InChI is InChI=1S/C15H15Cl2NO4/c1-21-18-6-4-15(5-7-18)13(19)12(14(20)22-15)9-2-3-10(16)11(17)8-9/h2-3,8,19H,4-7H2,1H3. The van der Waals surface area contributed by atoms with Gasteiger partial charge in [0.1, 0.15) is 5.57 Å². The lowest BCUT2D eigenvalue weighted by atomic mass is 9.88. The number of nitrogens with zero attached hydrogens (tertiary/aromatic N) is 1. The molecule has 5 nitrogen and oxygen atoms in total. The van der Waals surface area contributed by atoms with Crippen LogP contribution in [0.2, 0.25) is 10.0 Å². The van der Waals surface area contributed by atoms with Gasteiger partial charge < -0.3 is 14.7 Å². The Bertz CT molecular complexity index is 651. The molecule has 118 valence electrons. The Hall–Kier alpha value is -1.27. The van der Waals surface area contributed by atoms with Crippen molar-refractivity contribution in [2.75, 3.05) is 20.2 Å². The molecule has 2 heterocycles. The minimum absolute atomic E-state index is 0.0355. The summed E-state index contributed by atoms with van der Waals surface area (Å²) in [6.45, 7) is 1.14. The van der Waals surface area contributed by atoms with E-state index >= 15 is 0 Å². The minimum atomic E-state index is -0.965. The van der Waals surface area contributed by atoms with Crippen LogP contribution in [0, 0.1) is 0 Å². The van der Waals surface area contributed by atoms with E-state index in [0.717, 1.165) is 0 Å². The van der Waals surface area contributed by atoms with Crippen LogP contribution in [-0.4, -0.2) is 41.9 Å². The van der Waals surface area contributed by atoms with Crippen molar-refractivity contribution in [1.82, 2.24) is 5.06 Å². The highest BCUT2D eigenvalue weighted by molar-refractivity contribution is 6.42. The minimum Gasteiger partial charge on any atom is -0.507 e. The zero-order valence-corrected chi connectivity index (χ0v) is 13.4. The maximum atomic E-state index is 12.2. The molecule has 0 unspecified atom stereocenters. The maximum absolute atomic E-state index is 12.2. The number of carbonyl (C=O) groups excluding carboxylic acids is 1. The summed E-state index contributed by atoms with van der Waals surface area (Å²) in [5, 5.41) is 13.1. The lowest BCUT2D eigenvalue weighted by molar-refractivity contribution is -0.182. The van der Waals surface area contributed by atoms with Crippen LogP contribution in [0.5, 0.6) is 0 Å². The second kappa shape index (κ2) is 5.74. The molecule has 0 aliphatic carbocycles. The van der Waals surface area contributed by atoms with E-state index in [1.54, 1.807) is 30.4 Å². The summed E-state index contributed by atoms with van der Waals surface area (Å²) in [5.74, 6) is -0.576. The number of hydroxylamine groups is 2. The lowest BCUT2D eigenvalue weighted by Crippen LogP contribution is -2.45. The van der Waals surface area contributed by atoms with Crippen molar-refractivity contribution < 1.29 is 19.5 Å². The molecular weight excluding hydrogens is 329 g/mol. The Labute approximate surface area is 138 Å². The zero-order chi connectivity index (χ0) is 15.9. The summed E-state index contributed by atoms with van der Waals surface area (Å²) in [4.78, 5) is 17.4. The molecule has 1 saturated heterocycles. The largest absolute Gasteiger partial charge is 0.507 e. The SMILES string of the molecule is CON1CCC2(CC1)OC(=O)C(c1ccc(Cl)c(Cl)c1)=C2O. The first-order chi connectivity index (χ1) is 10.5. The molecule has 22 heavy (non-hydrogen) atoms. The van der Waals surface area contributed by atoms with Gasteiger partial charge in [0.15, 0.2) is 11.4 Å². The molecule has 1 fully saturated rings. The fourth-order valence-electron chi connectivity index (χ4n) is 2.88. The fraction of sp³-hybridized carbons (Fsp3) is 0.400. The van der Waals surface area contributed by atoms with Crippen molar-refractivity contribution in [2.24, 2.45) is 0 Å². The van der Waals surface area contributed by atoms with Crippen molar-refractivity contribution in [1.29, 1.82) is 0 Å². The van der Waals surface area contributed by atoms with E-state index in [1.165, 1.54) is 0 Å². The molecule has 1 spiro atoms. The van der Waals surface area contributed by atoms with Gasteiger partial charge in [-0.1, -0.05) is 29.3 Å². The Kier molecular flexibility index (Phi) is 4.07. The van der Waals surface area contributed by atoms with Crippen molar-refractivity contribution in [3.63, 3.8) is 0 Å². The van der Waals surface area contributed by atoms with Gasteiger partial charge in [-0.3, -0.25) is 0 Å². The number of ether oxygens (including phenoxy) is 1. The number of aliphatic hydroxyl groups is 1.